The van der Waals surface area contributed by atoms with E-state index >= 15 is 0 Å². The molecule has 99 valence electrons. The zero-order valence-corrected chi connectivity index (χ0v) is 10.5. The summed E-state index contributed by atoms with van der Waals surface area (Å²) >= 11 is 0. The molecule has 5 nitrogen and oxygen atoms in total. The van der Waals surface area contributed by atoms with Crippen molar-refractivity contribution in [2.24, 2.45) is 5.73 Å². The van der Waals surface area contributed by atoms with Gasteiger partial charge in [-0.2, -0.15) is 0 Å². The summed E-state index contributed by atoms with van der Waals surface area (Å²) in [5, 5.41) is 15.6. The number of hydrogen-bond donors (Lipinski definition) is 3. The van der Waals surface area contributed by atoms with Crippen LogP contribution in [0.5, 0.6) is 0 Å². The maximum Gasteiger partial charge on any atom is 0.482 e. The van der Waals surface area contributed by atoms with Gasteiger partial charge in [-0.1, -0.05) is 36.4 Å². The van der Waals surface area contributed by atoms with Crippen molar-refractivity contribution >= 4 is 35.4 Å². The summed E-state index contributed by atoms with van der Waals surface area (Å²) in [7, 11) is 0. The van der Waals surface area contributed by atoms with E-state index in [1.165, 1.54) is 0 Å². The first-order valence-corrected chi connectivity index (χ1v) is 5.86. The summed E-state index contributed by atoms with van der Waals surface area (Å²) in [4.78, 5) is 16.1. The summed E-state index contributed by atoms with van der Waals surface area (Å²) in [6.45, 7) is 0. The molecule has 0 aliphatic heterocycles. The Balaban J connectivity index is 0.000000452. The van der Waals surface area contributed by atoms with E-state index in [-0.39, 0.29) is 7.69 Å². The van der Waals surface area contributed by atoms with E-state index in [4.69, 9.17) is 15.8 Å². The van der Waals surface area contributed by atoms with Crippen LogP contribution >= 0.6 is 0 Å². The van der Waals surface area contributed by atoms with Crippen LogP contribution in [-0.2, 0) is 0 Å². The van der Waals surface area contributed by atoms with Crippen LogP contribution in [0.1, 0.15) is 10.4 Å². The van der Waals surface area contributed by atoms with E-state index in [1.807, 2.05) is 48.5 Å². The first-order valence-electron chi connectivity index (χ1n) is 5.86. The van der Waals surface area contributed by atoms with Crippen molar-refractivity contribution in [3.05, 3.63) is 54.1 Å². The molecule has 4 N–H and O–H groups in total. The lowest BCUT2D eigenvalue weighted by atomic mass is 10.0. The molecular formula is C14H12BN2O3. The Morgan fingerprint density at radius 2 is 1.35 bits per heavy atom. The van der Waals surface area contributed by atoms with E-state index in [9.17, 15) is 4.79 Å². The van der Waals surface area contributed by atoms with Gasteiger partial charge in [0.1, 0.15) is 0 Å². The van der Waals surface area contributed by atoms with E-state index < -0.39 is 5.91 Å². The Bertz CT molecular complexity index is 708. The van der Waals surface area contributed by atoms with Gasteiger partial charge < -0.3 is 15.8 Å². The van der Waals surface area contributed by atoms with Gasteiger partial charge in [0.05, 0.1) is 16.6 Å². The fourth-order valence-electron chi connectivity index (χ4n) is 2.11. The third kappa shape index (κ3) is 2.61. The molecule has 0 atom stereocenters. The molecule has 0 bridgehead atoms. The van der Waals surface area contributed by atoms with Crippen LogP contribution < -0.4 is 5.73 Å². The Morgan fingerprint density at radius 1 is 0.950 bits per heavy atom. The number of carbonyl (C=O) groups is 1. The Hall–Kier alpha value is -2.44. The number of aromatic nitrogens is 1. The summed E-state index contributed by atoms with van der Waals surface area (Å²) in [6, 6.07) is 15.1. The molecule has 1 aromatic heterocycles. The van der Waals surface area contributed by atoms with Gasteiger partial charge in [-0.25, -0.2) is 4.98 Å². The van der Waals surface area contributed by atoms with Crippen molar-refractivity contribution in [1.82, 2.24) is 4.98 Å². The number of para-hydroxylation sites is 2. The molecule has 20 heavy (non-hydrogen) atoms. The van der Waals surface area contributed by atoms with Gasteiger partial charge in [-0.3, -0.25) is 4.79 Å². The third-order valence-corrected chi connectivity index (χ3v) is 2.83. The number of fused-ring (bicyclic) bond motifs is 2. The predicted molar refractivity (Wildman–Crippen MR) is 78.0 cm³/mol. The fourth-order valence-corrected chi connectivity index (χ4v) is 2.11. The lowest BCUT2D eigenvalue weighted by Crippen LogP contribution is -2.12. The molecule has 0 saturated carbocycles. The predicted octanol–water partition coefficient (Wildman–Crippen LogP) is 0.992. The molecule has 1 radical (unpaired) electrons. The fraction of sp³-hybridized carbons (Fsp3) is 0. The van der Waals surface area contributed by atoms with Gasteiger partial charge in [0.25, 0.3) is 0 Å². The van der Waals surface area contributed by atoms with E-state index in [0.29, 0.717) is 5.56 Å². The van der Waals surface area contributed by atoms with Crippen LogP contribution in [0.25, 0.3) is 21.8 Å². The minimum atomic E-state index is -0.417. The molecule has 1 heterocycles. The molecule has 0 spiro atoms. The number of benzene rings is 2. The normalized spacial score (nSPS) is 9.90. The van der Waals surface area contributed by atoms with E-state index in [1.54, 1.807) is 0 Å². The second-order valence-corrected chi connectivity index (χ2v) is 4.00. The monoisotopic (exact) mass is 267 g/mol. The van der Waals surface area contributed by atoms with Crippen molar-refractivity contribution in [2.45, 2.75) is 0 Å². The Labute approximate surface area is 116 Å². The van der Waals surface area contributed by atoms with E-state index in [0.717, 1.165) is 21.8 Å². The number of primary amides is 1. The molecule has 3 rings (SSSR count). The van der Waals surface area contributed by atoms with Crippen LogP contribution in [0.3, 0.4) is 0 Å². The quantitative estimate of drug-likeness (QED) is 0.452. The molecule has 0 saturated heterocycles. The molecular weight excluding hydrogens is 255 g/mol. The molecule has 0 aliphatic rings. The topological polar surface area (TPSA) is 96.4 Å². The smallest absolute Gasteiger partial charge is 0.429 e. The number of nitrogens with zero attached hydrogens (tertiary/aromatic N) is 1. The highest BCUT2D eigenvalue weighted by atomic mass is 16.4. The van der Waals surface area contributed by atoms with Gasteiger partial charge >= 0.3 is 7.69 Å². The molecule has 0 unspecified atom stereocenters. The first-order chi connectivity index (χ1) is 9.69. The summed E-state index contributed by atoms with van der Waals surface area (Å²) in [6.07, 6.45) is 0. The van der Waals surface area contributed by atoms with E-state index in [2.05, 4.69) is 4.98 Å². The summed E-state index contributed by atoms with van der Waals surface area (Å²) in [5.41, 5.74) is 7.61. The molecule has 2 aromatic carbocycles. The highest BCUT2D eigenvalue weighted by Crippen LogP contribution is 2.25. The van der Waals surface area contributed by atoms with Gasteiger partial charge in [0.2, 0.25) is 5.91 Å². The average molecular weight is 267 g/mol. The molecule has 6 heteroatoms. The maximum atomic E-state index is 11.6. The van der Waals surface area contributed by atoms with Crippen molar-refractivity contribution in [2.75, 3.05) is 0 Å². The number of hydrogen-bond acceptors (Lipinski definition) is 4. The SMILES string of the molecule is NC(=O)c1c2ccccc2nc2ccccc12.O[B]O. The highest BCUT2D eigenvalue weighted by molar-refractivity contribution is 6.15. The largest absolute Gasteiger partial charge is 0.482 e. The molecule has 0 fully saturated rings. The zero-order chi connectivity index (χ0) is 14.5. The van der Waals surface area contributed by atoms with Gasteiger partial charge in [-0.15, -0.1) is 0 Å². The minimum Gasteiger partial charge on any atom is -0.429 e. The lowest BCUT2D eigenvalue weighted by molar-refractivity contribution is 0.100. The van der Waals surface area contributed by atoms with Crippen molar-refractivity contribution in [3.8, 4) is 0 Å². The summed E-state index contributed by atoms with van der Waals surface area (Å²) in [5.74, 6) is -0.417. The highest BCUT2D eigenvalue weighted by Gasteiger charge is 2.12. The van der Waals surface area contributed by atoms with Crippen LogP contribution in [0.4, 0.5) is 0 Å². The van der Waals surface area contributed by atoms with Crippen molar-refractivity contribution < 1.29 is 14.8 Å². The summed E-state index contributed by atoms with van der Waals surface area (Å²) < 4.78 is 0. The van der Waals surface area contributed by atoms with Gasteiger partial charge in [-0.05, 0) is 12.1 Å². The number of amides is 1. The number of pyridine rings is 1. The van der Waals surface area contributed by atoms with Crippen molar-refractivity contribution in [3.63, 3.8) is 0 Å². The zero-order valence-electron chi connectivity index (χ0n) is 10.5. The average Bonchev–Trinajstić information content (AvgIpc) is 2.45. The maximum absolute atomic E-state index is 11.6. The molecule has 1 amide bonds. The van der Waals surface area contributed by atoms with Crippen LogP contribution in [0.15, 0.2) is 48.5 Å². The first kappa shape index (κ1) is 14.0. The lowest BCUT2D eigenvalue weighted by Gasteiger charge is -2.07. The third-order valence-electron chi connectivity index (χ3n) is 2.83. The Kier molecular flexibility index (Phi) is 4.29. The standard InChI is InChI=1S/C14H10N2O.BH2O2/c15-14(17)13-9-5-1-3-7-11(9)16-12-8-4-2-6-10(12)13;2-1-3/h1-8H,(H2,15,17);2-3H. The van der Waals surface area contributed by atoms with Crippen LogP contribution in [0, 0.1) is 0 Å². The number of rotatable bonds is 1. The van der Waals surface area contributed by atoms with Crippen molar-refractivity contribution in [1.29, 1.82) is 0 Å². The second-order valence-electron chi connectivity index (χ2n) is 4.00. The van der Waals surface area contributed by atoms with Gasteiger partial charge in [0, 0.05) is 10.8 Å². The minimum absolute atomic E-state index is 0. The van der Waals surface area contributed by atoms with Crippen LogP contribution in [0.2, 0.25) is 0 Å². The van der Waals surface area contributed by atoms with Crippen LogP contribution in [-0.4, -0.2) is 28.6 Å². The Morgan fingerprint density at radius 3 is 1.75 bits per heavy atom. The number of carbonyl (C=O) groups excluding carboxylic acids is 1. The van der Waals surface area contributed by atoms with Gasteiger partial charge in [0.15, 0.2) is 0 Å². The second kappa shape index (κ2) is 6.14. The molecule has 0 aliphatic carbocycles. The molecule has 3 aromatic rings. The number of nitrogens with two attached hydrogens (primary N) is 1.